The normalized spacial score (nSPS) is 30.3. The number of para-hydroxylation sites is 1. The highest BCUT2D eigenvalue weighted by Gasteiger charge is 2.55. The first-order chi connectivity index (χ1) is 13.0. The molecule has 142 valence electrons. The van der Waals surface area contributed by atoms with E-state index in [1.54, 1.807) is 36.4 Å². The van der Waals surface area contributed by atoms with Crippen molar-refractivity contribution in [2.24, 2.45) is 0 Å². The number of rotatable bonds is 3. The molecule has 1 aliphatic heterocycles. The summed E-state index contributed by atoms with van der Waals surface area (Å²) in [6.45, 7) is 1.27. The largest absolute Gasteiger partial charge is 0.460 e. The molecule has 1 aliphatic rings. The predicted octanol–water partition coefficient (Wildman–Crippen LogP) is 0.596. The van der Waals surface area contributed by atoms with Crippen LogP contribution in [-0.4, -0.2) is 57.2 Å². The summed E-state index contributed by atoms with van der Waals surface area (Å²) in [6.07, 6.45) is -5.76. The van der Waals surface area contributed by atoms with E-state index in [1.807, 2.05) is 25.1 Å². The van der Waals surface area contributed by atoms with Gasteiger partial charge in [0, 0.05) is 5.56 Å². The van der Waals surface area contributed by atoms with Crippen molar-refractivity contribution >= 4 is 0 Å². The maximum absolute atomic E-state index is 11.1. The Balaban J connectivity index is 1.97. The highest BCUT2D eigenvalue weighted by molar-refractivity contribution is 5.38. The summed E-state index contributed by atoms with van der Waals surface area (Å²) in [5.41, 5.74) is -0.796. The van der Waals surface area contributed by atoms with E-state index in [4.69, 9.17) is 9.47 Å². The van der Waals surface area contributed by atoms with Crippen LogP contribution in [0.4, 0.5) is 0 Å². The molecule has 0 spiro atoms. The summed E-state index contributed by atoms with van der Waals surface area (Å²) in [7, 11) is 0. The van der Waals surface area contributed by atoms with Gasteiger partial charge in [-0.1, -0.05) is 48.2 Å². The number of hydrogen-bond donors (Lipinski definition) is 4. The van der Waals surface area contributed by atoms with Gasteiger partial charge in [-0.3, -0.25) is 0 Å². The lowest BCUT2D eigenvalue weighted by atomic mass is 9.86. The SMILES string of the molecule is Cc1ccccc1O[C@H]1O[C@H](CO)[C@@H](O)[C@H](O)[C@@]1(O)C#Cc1ccccc1. The van der Waals surface area contributed by atoms with Crippen molar-refractivity contribution in [3.63, 3.8) is 0 Å². The summed E-state index contributed by atoms with van der Waals surface area (Å²) < 4.78 is 11.3. The lowest BCUT2D eigenvalue weighted by Gasteiger charge is -2.45. The quantitative estimate of drug-likeness (QED) is 0.591. The molecule has 0 amide bonds. The molecule has 0 radical (unpaired) electrons. The summed E-state index contributed by atoms with van der Waals surface area (Å²) >= 11 is 0. The second kappa shape index (κ2) is 8.09. The van der Waals surface area contributed by atoms with E-state index in [-0.39, 0.29) is 0 Å². The molecule has 2 aromatic carbocycles. The van der Waals surface area contributed by atoms with Crippen molar-refractivity contribution in [2.75, 3.05) is 6.61 Å². The third-order valence-corrected chi connectivity index (χ3v) is 4.50. The smallest absolute Gasteiger partial charge is 0.243 e. The fourth-order valence-electron chi connectivity index (χ4n) is 2.85. The van der Waals surface area contributed by atoms with Gasteiger partial charge < -0.3 is 29.9 Å². The van der Waals surface area contributed by atoms with Crippen LogP contribution in [0.5, 0.6) is 5.75 Å². The Morgan fingerprint density at radius 1 is 1.07 bits per heavy atom. The molecule has 27 heavy (non-hydrogen) atoms. The average molecular weight is 370 g/mol. The lowest BCUT2D eigenvalue weighted by Crippen LogP contribution is -2.67. The van der Waals surface area contributed by atoms with Crippen LogP contribution in [0, 0.1) is 18.8 Å². The van der Waals surface area contributed by atoms with Crippen LogP contribution in [-0.2, 0) is 4.74 Å². The molecule has 6 nitrogen and oxygen atoms in total. The molecule has 0 saturated carbocycles. The molecule has 6 heteroatoms. The number of ether oxygens (including phenoxy) is 2. The molecule has 3 rings (SSSR count). The van der Waals surface area contributed by atoms with E-state index in [1.165, 1.54) is 0 Å². The highest BCUT2D eigenvalue weighted by Crippen LogP contribution is 2.32. The lowest BCUT2D eigenvalue weighted by molar-refractivity contribution is -0.301. The zero-order valence-electron chi connectivity index (χ0n) is 14.8. The van der Waals surface area contributed by atoms with Gasteiger partial charge in [0.2, 0.25) is 11.9 Å². The van der Waals surface area contributed by atoms with Gasteiger partial charge in [0.05, 0.1) is 6.61 Å². The minimum atomic E-state index is -2.21. The van der Waals surface area contributed by atoms with E-state index < -0.39 is 36.8 Å². The Morgan fingerprint density at radius 3 is 2.41 bits per heavy atom. The summed E-state index contributed by atoms with van der Waals surface area (Å²) in [5.74, 6) is 5.80. The second-order valence-electron chi connectivity index (χ2n) is 6.45. The first-order valence-corrected chi connectivity index (χ1v) is 8.61. The Morgan fingerprint density at radius 2 is 1.74 bits per heavy atom. The van der Waals surface area contributed by atoms with E-state index in [0.29, 0.717) is 11.3 Å². The number of hydrogen-bond acceptors (Lipinski definition) is 6. The third-order valence-electron chi connectivity index (χ3n) is 4.50. The first kappa shape index (κ1) is 19.4. The topological polar surface area (TPSA) is 99.4 Å². The predicted molar refractivity (Wildman–Crippen MR) is 97.8 cm³/mol. The number of aliphatic hydroxyl groups excluding tert-OH is 3. The van der Waals surface area contributed by atoms with Gasteiger partial charge in [0.1, 0.15) is 24.1 Å². The minimum absolute atomic E-state index is 0.433. The fourth-order valence-corrected chi connectivity index (χ4v) is 2.85. The van der Waals surface area contributed by atoms with Crippen molar-refractivity contribution in [2.45, 2.75) is 37.1 Å². The van der Waals surface area contributed by atoms with Crippen molar-refractivity contribution in [3.05, 3.63) is 65.7 Å². The van der Waals surface area contributed by atoms with E-state index >= 15 is 0 Å². The average Bonchev–Trinajstić information content (AvgIpc) is 2.69. The van der Waals surface area contributed by atoms with Crippen molar-refractivity contribution in [1.29, 1.82) is 0 Å². The van der Waals surface area contributed by atoms with Crippen LogP contribution in [0.15, 0.2) is 54.6 Å². The molecule has 5 atom stereocenters. The molecule has 1 saturated heterocycles. The van der Waals surface area contributed by atoms with Gasteiger partial charge in [-0.05, 0) is 30.7 Å². The Labute approximate surface area is 157 Å². The summed E-state index contributed by atoms with van der Waals surface area (Å²) in [4.78, 5) is 0. The van der Waals surface area contributed by atoms with E-state index in [2.05, 4.69) is 11.8 Å². The van der Waals surface area contributed by atoms with Crippen molar-refractivity contribution in [1.82, 2.24) is 0 Å². The summed E-state index contributed by atoms with van der Waals surface area (Å²) in [6, 6.07) is 16.0. The van der Waals surface area contributed by atoms with Gasteiger partial charge in [-0.2, -0.15) is 0 Å². The maximum Gasteiger partial charge on any atom is 0.243 e. The Bertz CT molecular complexity index is 827. The van der Waals surface area contributed by atoms with Crippen LogP contribution < -0.4 is 4.74 Å². The minimum Gasteiger partial charge on any atom is -0.460 e. The van der Waals surface area contributed by atoms with Crippen LogP contribution >= 0.6 is 0 Å². The molecular formula is C21H22O6. The molecule has 2 aromatic rings. The summed E-state index contributed by atoms with van der Waals surface area (Å²) in [5, 5.41) is 41.2. The molecule has 0 unspecified atom stereocenters. The Hall–Kier alpha value is -2.40. The van der Waals surface area contributed by atoms with Crippen molar-refractivity contribution < 1.29 is 29.9 Å². The zero-order chi connectivity index (χ0) is 19.4. The zero-order valence-corrected chi connectivity index (χ0v) is 14.8. The fraction of sp³-hybridized carbons (Fsp3) is 0.333. The molecule has 0 aromatic heterocycles. The van der Waals surface area contributed by atoms with E-state index in [0.717, 1.165) is 5.56 Å². The highest BCUT2D eigenvalue weighted by atomic mass is 16.7. The molecule has 0 bridgehead atoms. The number of aryl methyl sites for hydroxylation is 1. The van der Waals surface area contributed by atoms with Crippen LogP contribution in [0.1, 0.15) is 11.1 Å². The maximum atomic E-state index is 11.1. The monoisotopic (exact) mass is 370 g/mol. The van der Waals surface area contributed by atoms with E-state index in [9.17, 15) is 20.4 Å². The molecule has 1 heterocycles. The van der Waals surface area contributed by atoms with Gasteiger partial charge in [-0.15, -0.1) is 0 Å². The first-order valence-electron chi connectivity index (χ1n) is 8.61. The van der Waals surface area contributed by atoms with Gasteiger partial charge in [-0.25, -0.2) is 0 Å². The number of benzene rings is 2. The van der Waals surface area contributed by atoms with Crippen LogP contribution in [0.3, 0.4) is 0 Å². The van der Waals surface area contributed by atoms with Gasteiger partial charge in [0.25, 0.3) is 0 Å². The Kier molecular flexibility index (Phi) is 5.80. The van der Waals surface area contributed by atoms with Gasteiger partial charge in [0.15, 0.2) is 0 Å². The molecule has 4 N–H and O–H groups in total. The molecule has 1 fully saturated rings. The second-order valence-corrected chi connectivity index (χ2v) is 6.45. The van der Waals surface area contributed by atoms with Crippen LogP contribution in [0.2, 0.25) is 0 Å². The van der Waals surface area contributed by atoms with Crippen LogP contribution in [0.25, 0.3) is 0 Å². The van der Waals surface area contributed by atoms with Crippen molar-refractivity contribution in [3.8, 4) is 17.6 Å². The molecule has 0 aliphatic carbocycles. The van der Waals surface area contributed by atoms with Gasteiger partial charge >= 0.3 is 0 Å². The molecular weight excluding hydrogens is 348 g/mol. The standard InChI is InChI=1S/C21H22O6/c1-14-7-5-6-10-16(14)26-20-21(25,12-11-15-8-3-2-4-9-15)19(24)18(23)17(13-22)27-20/h2-10,17-20,22-25H,13H2,1H3/t17-,18-,19+,20+,21+/m1/s1. The third kappa shape index (κ3) is 3.98. The number of aliphatic hydroxyl groups is 4.